The Morgan fingerprint density at radius 3 is 2.53 bits per heavy atom. The summed E-state index contributed by atoms with van der Waals surface area (Å²) >= 11 is 0. The summed E-state index contributed by atoms with van der Waals surface area (Å²) < 4.78 is 5.58. The van der Waals surface area contributed by atoms with E-state index < -0.39 is 4.92 Å². The molecule has 0 saturated carbocycles. The predicted octanol–water partition coefficient (Wildman–Crippen LogP) is 3.54. The van der Waals surface area contributed by atoms with Crippen molar-refractivity contribution in [3.05, 3.63) is 46.5 Å². The third-order valence-electron chi connectivity index (χ3n) is 2.41. The minimum atomic E-state index is -0.413. The molecule has 0 heterocycles. The molecule has 0 aliphatic carbocycles. The van der Waals surface area contributed by atoms with Crippen molar-refractivity contribution < 1.29 is 9.66 Å². The fraction of sp³-hybridized carbons (Fsp3) is 0.231. The van der Waals surface area contributed by atoms with Crippen molar-refractivity contribution in [3.63, 3.8) is 0 Å². The van der Waals surface area contributed by atoms with Crippen LogP contribution in [0.5, 0.6) is 5.75 Å². The maximum atomic E-state index is 11.0. The normalized spacial score (nSPS) is 10.8. The number of ether oxygens (including phenoxy) is 1. The van der Waals surface area contributed by atoms with Gasteiger partial charge in [-0.1, -0.05) is 24.3 Å². The number of benzene rings is 2. The molecule has 0 bridgehead atoms. The van der Waals surface area contributed by atoms with E-state index in [9.17, 15) is 10.1 Å². The summed E-state index contributed by atoms with van der Waals surface area (Å²) in [5.74, 6) is 0.350. The fourth-order valence-electron chi connectivity index (χ4n) is 1.73. The number of fused-ring (bicyclic) bond motifs is 1. The topological polar surface area (TPSA) is 52.4 Å². The molecular weight excluding hydrogens is 218 g/mol. The molecule has 88 valence electrons. The molecule has 4 nitrogen and oxygen atoms in total. The van der Waals surface area contributed by atoms with E-state index in [4.69, 9.17) is 4.74 Å². The highest BCUT2D eigenvalue weighted by Crippen LogP contribution is 2.35. The van der Waals surface area contributed by atoms with Crippen molar-refractivity contribution in [2.24, 2.45) is 0 Å². The summed E-state index contributed by atoms with van der Waals surface area (Å²) in [6.45, 7) is 3.71. The van der Waals surface area contributed by atoms with Crippen molar-refractivity contribution in [2.45, 2.75) is 20.0 Å². The quantitative estimate of drug-likeness (QED) is 0.599. The summed E-state index contributed by atoms with van der Waals surface area (Å²) in [5, 5.41) is 12.7. The van der Waals surface area contributed by atoms with Crippen molar-refractivity contribution in [1.29, 1.82) is 0 Å². The van der Waals surface area contributed by atoms with Gasteiger partial charge in [-0.2, -0.15) is 0 Å². The predicted molar refractivity (Wildman–Crippen MR) is 66.4 cm³/mol. The van der Waals surface area contributed by atoms with E-state index in [1.165, 1.54) is 6.07 Å². The van der Waals surface area contributed by atoms with Crippen LogP contribution in [0.3, 0.4) is 0 Å². The fourth-order valence-corrected chi connectivity index (χ4v) is 1.73. The third kappa shape index (κ3) is 2.20. The number of hydrogen-bond acceptors (Lipinski definition) is 3. The summed E-state index contributed by atoms with van der Waals surface area (Å²) in [6.07, 6.45) is -0.0977. The molecule has 2 aromatic carbocycles. The largest absolute Gasteiger partial charge is 0.484 e. The zero-order chi connectivity index (χ0) is 12.4. The van der Waals surface area contributed by atoms with Crippen LogP contribution in [0.4, 0.5) is 5.69 Å². The lowest BCUT2D eigenvalue weighted by Gasteiger charge is -2.12. The lowest BCUT2D eigenvalue weighted by Crippen LogP contribution is -2.07. The Labute approximate surface area is 99.0 Å². The minimum absolute atomic E-state index is 0.0115. The molecule has 0 spiro atoms. The van der Waals surface area contributed by atoms with Gasteiger partial charge >= 0.3 is 5.69 Å². The molecule has 0 aliphatic heterocycles. The van der Waals surface area contributed by atoms with Gasteiger partial charge in [0, 0.05) is 11.5 Å². The standard InChI is InChI=1S/C13H13NO3/c1-9(2)17-13-11-6-4-3-5-10(11)7-8-12(13)14(15)16/h3-9H,1-2H3. The van der Waals surface area contributed by atoms with Gasteiger partial charge in [-0.15, -0.1) is 0 Å². The van der Waals surface area contributed by atoms with Gasteiger partial charge in [0.15, 0.2) is 0 Å². The highest BCUT2D eigenvalue weighted by molar-refractivity contribution is 5.91. The SMILES string of the molecule is CC(C)Oc1c([N+](=O)[O-])ccc2ccccc12. The summed E-state index contributed by atoms with van der Waals surface area (Å²) in [6, 6.07) is 10.7. The number of nitro benzene ring substituents is 1. The van der Waals surface area contributed by atoms with Crippen LogP contribution >= 0.6 is 0 Å². The van der Waals surface area contributed by atoms with Crippen LogP contribution < -0.4 is 4.74 Å². The lowest BCUT2D eigenvalue weighted by atomic mass is 10.1. The van der Waals surface area contributed by atoms with Crippen LogP contribution in [0.1, 0.15) is 13.8 Å². The number of hydrogen-bond donors (Lipinski definition) is 0. The highest BCUT2D eigenvalue weighted by Gasteiger charge is 2.18. The molecular formula is C13H13NO3. The number of nitrogens with zero attached hydrogens (tertiary/aromatic N) is 1. The van der Waals surface area contributed by atoms with Crippen molar-refractivity contribution in [3.8, 4) is 5.75 Å². The van der Waals surface area contributed by atoms with Crippen LogP contribution in [0, 0.1) is 10.1 Å². The highest BCUT2D eigenvalue weighted by atomic mass is 16.6. The van der Waals surface area contributed by atoms with Crippen LogP contribution in [0.15, 0.2) is 36.4 Å². The van der Waals surface area contributed by atoms with Gasteiger partial charge in [0.2, 0.25) is 5.75 Å². The molecule has 0 atom stereocenters. The molecule has 4 heteroatoms. The average molecular weight is 231 g/mol. The van der Waals surface area contributed by atoms with E-state index in [-0.39, 0.29) is 11.8 Å². The Morgan fingerprint density at radius 1 is 1.18 bits per heavy atom. The van der Waals surface area contributed by atoms with Crippen molar-refractivity contribution in [2.75, 3.05) is 0 Å². The number of rotatable bonds is 3. The van der Waals surface area contributed by atoms with Gasteiger partial charge in [0.05, 0.1) is 11.0 Å². The molecule has 0 unspecified atom stereocenters. The maximum Gasteiger partial charge on any atom is 0.311 e. The van der Waals surface area contributed by atoms with Crippen LogP contribution in [0.2, 0.25) is 0 Å². The monoisotopic (exact) mass is 231 g/mol. The summed E-state index contributed by atoms with van der Waals surface area (Å²) in [4.78, 5) is 10.6. The summed E-state index contributed by atoms with van der Waals surface area (Å²) in [7, 11) is 0. The maximum absolute atomic E-state index is 11.0. The number of nitro groups is 1. The third-order valence-corrected chi connectivity index (χ3v) is 2.41. The van der Waals surface area contributed by atoms with E-state index in [1.54, 1.807) is 6.07 Å². The first-order valence-electron chi connectivity index (χ1n) is 5.42. The van der Waals surface area contributed by atoms with Crippen molar-refractivity contribution >= 4 is 16.5 Å². The van der Waals surface area contributed by atoms with E-state index >= 15 is 0 Å². The lowest BCUT2D eigenvalue weighted by molar-refractivity contribution is -0.385. The van der Waals surface area contributed by atoms with E-state index in [0.29, 0.717) is 5.75 Å². The van der Waals surface area contributed by atoms with Gasteiger partial charge in [-0.05, 0) is 25.3 Å². The molecule has 0 fully saturated rings. The Kier molecular flexibility index (Phi) is 2.95. The zero-order valence-corrected chi connectivity index (χ0v) is 9.71. The first kappa shape index (κ1) is 11.4. The zero-order valence-electron chi connectivity index (χ0n) is 9.71. The second-order valence-electron chi connectivity index (χ2n) is 4.06. The Hall–Kier alpha value is -2.10. The Balaban J connectivity index is 2.70. The molecule has 2 aromatic rings. The molecule has 0 saturated heterocycles. The molecule has 0 N–H and O–H groups in total. The van der Waals surface area contributed by atoms with Gasteiger partial charge in [-0.3, -0.25) is 10.1 Å². The van der Waals surface area contributed by atoms with Gasteiger partial charge in [0.25, 0.3) is 0 Å². The van der Waals surface area contributed by atoms with Gasteiger partial charge < -0.3 is 4.74 Å². The Morgan fingerprint density at radius 2 is 1.88 bits per heavy atom. The van der Waals surface area contributed by atoms with Crippen LogP contribution in [0.25, 0.3) is 10.8 Å². The molecule has 17 heavy (non-hydrogen) atoms. The minimum Gasteiger partial charge on any atom is -0.484 e. The van der Waals surface area contributed by atoms with E-state index in [1.807, 2.05) is 38.1 Å². The molecule has 0 aromatic heterocycles. The second kappa shape index (κ2) is 4.41. The van der Waals surface area contributed by atoms with Gasteiger partial charge in [-0.25, -0.2) is 0 Å². The van der Waals surface area contributed by atoms with Gasteiger partial charge in [0.1, 0.15) is 0 Å². The average Bonchev–Trinajstić information content (AvgIpc) is 2.28. The smallest absolute Gasteiger partial charge is 0.311 e. The van der Waals surface area contributed by atoms with E-state index in [0.717, 1.165) is 10.8 Å². The van der Waals surface area contributed by atoms with Crippen LogP contribution in [-0.4, -0.2) is 11.0 Å². The first-order valence-corrected chi connectivity index (χ1v) is 5.42. The molecule has 0 radical (unpaired) electrons. The van der Waals surface area contributed by atoms with Crippen LogP contribution in [-0.2, 0) is 0 Å². The Bertz CT molecular complexity index is 564. The van der Waals surface area contributed by atoms with Crippen molar-refractivity contribution in [1.82, 2.24) is 0 Å². The molecule has 0 aliphatic rings. The molecule has 2 rings (SSSR count). The van der Waals surface area contributed by atoms with E-state index in [2.05, 4.69) is 0 Å². The first-order chi connectivity index (χ1) is 8.09. The summed E-state index contributed by atoms with van der Waals surface area (Å²) in [5.41, 5.74) is 0.0115. The second-order valence-corrected chi connectivity index (χ2v) is 4.06. The molecule has 0 amide bonds.